The Balaban J connectivity index is 1.35. The van der Waals surface area contributed by atoms with Crippen molar-refractivity contribution in [3.63, 3.8) is 0 Å². The number of hydrogen-bond acceptors (Lipinski definition) is 4. The van der Waals surface area contributed by atoms with Crippen LogP contribution < -0.4 is 20.1 Å². The highest BCUT2D eigenvalue weighted by molar-refractivity contribution is 5.49. The maximum Gasteiger partial charge on any atom is 0.132 e. The SMILES string of the molecule is c1cc2cc(c1)Oc1ccc(cc1)C[C@@H]1NCCc3cccc(c31)Oc1ccc3c(c1)[C@@H](C2)NCC3. The lowest BCUT2D eigenvalue weighted by atomic mass is 9.89. The monoisotopic (exact) mass is 474 g/mol. The van der Waals surface area contributed by atoms with Gasteiger partial charge in [0.05, 0.1) is 0 Å². The molecule has 4 aliphatic rings. The largest absolute Gasteiger partial charge is 0.457 e. The van der Waals surface area contributed by atoms with E-state index in [2.05, 4.69) is 89.5 Å². The van der Waals surface area contributed by atoms with Gasteiger partial charge in [-0.1, -0.05) is 42.5 Å². The first kappa shape index (κ1) is 21.7. The van der Waals surface area contributed by atoms with Gasteiger partial charge in [0.15, 0.2) is 0 Å². The summed E-state index contributed by atoms with van der Waals surface area (Å²) in [6.45, 7) is 1.96. The number of nitrogens with one attached hydrogen (secondary N) is 2. The molecule has 4 nitrogen and oxygen atoms in total. The Labute approximate surface area is 212 Å². The van der Waals surface area contributed by atoms with Crippen molar-refractivity contribution in [1.29, 1.82) is 0 Å². The van der Waals surface area contributed by atoms with E-state index in [-0.39, 0.29) is 12.1 Å². The van der Waals surface area contributed by atoms with Crippen molar-refractivity contribution >= 4 is 0 Å². The van der Waals surface area contributed by atoms with E-state index < -0.39 is 0 Å². The summed E-state index contributed by atoms with van der Waals surface area (Å²) in [4.78, 5) is 0. The summed E-state index contributed by atoms with van der Waals surface area (Å²) in [6.07, 6.45) is 3.86. The van der Waals surface area contributed by atoms with Gasteiger partial charge in [-0.25, -0.2) is 0 Å². The Morgan fingerprint density at radius 1 is 0.583 bits per heavy atom. The maximum atomic E-state index is 6.65. The Morgan fingerprint density at radius 2 is 1.33 bits per heavy atom. The molecule has 180 valence electrons. The van der Waals surface area contributed by atoms with Crippen LogP contribution in [0.1, 0.15) is 45.5 Å². The predicted octanol–water partition coefficient (Wildman–Crippen LogP) is 6.44. The lowest BCUT2D eigenvalue weighted by Gasteiger charge is -2.30. The smallest absolute Gasteiger partial charge is 0.132 e. The second-order valence-electron chi connectivity index (χ2n) is 10.1. The summed E-state index contributed by atoms with van der Waals surface area (Å²) in [6, 6.07) is 30.6. The molecule has 0 unspecified atom stereocenters. The number of benzene rings is 4. The van der Waals surface area contributed by atoms with Gasteiger partial charge in [0.25, 0.3) is 0 Å². The highest BCUT2D eigenvalue weighted by Crippen LogP contribution is 2.38. The van der Waals surface area contributed by atoms with Crippen molar-refractivity contribution in [1.82, 2.24) is 10.6 Å². The maximum absolute atomic E-state index is 6.65. The fraction of sp³-hybridized carbons (Fsp3) is 0.250. The van der Waals surface area contributed by atoms with Crippen molar-refractivity contribution in [2.24, 2.45) is 0 Å². The number of ether oxygens (including phenoxy) is 2. The minimum Gasteiger partial charge on any atom is -0.457 e. The number of hydrogen-bond donors (Lipinski definition) is 2. The standard InChI is InChI=1S/C32H30N2O2/c1-3-22-17-26(5-1)35-25-10-7-21(8-11-25)18-30-32-24(14-16-34-30)4-2-6-31(32)36-27-12-9-23-13-15-33-29(19-22)28(23)20-27/h1-12,17,20,29-30,33-34H,13-16,18-19H2/t29-,30+/m1/s1. The van der Waals surface area contributed by atoms with Crippen LogP contribution in [-0.2, 0) is 25.7 Å². The van der Waals surface area contributed by atoms with Crippen LogP contribution in [0.2, 0.25) is 0 Å². The van der Waals surface area contributed by atoms with Crippen LogP contribution in [0.15, 0.2) is 84.9 Å². The molecule has 2 N–H and O–H groups in total. The van der Waals surface area contributed by atoms with E-state index in [9.17, 15) is 0 Å². The molecule has 0 aliphatic carbocycles. The van der Waals surface area contributed by atoms with Crippen molar-refractivity contribution in [2.45, 2.75) is 37.8 Å². The molecular weight excluding hydrogens is 444 g/mol. The van der Waals surface area contributed by atoms with Crippen LogP contribution in [-0.4, -0.2) is 13.1 Å². The zero-order chi connectivity index (χ0) is 23.9. The molecule has 4 aromatic carbocycles. The molecule has 0 amide bonds. The van der Waals surface area contributed by atoms with Gasteiger partial charge in [-0.15, -0.1) is 0 Å². The average molecular weight is 475 g/mol. The Morgan fingerprint density at radius 3 is 2.25 bits per heavy atom. The topological polar surface area (TPSA) is 42.5 Å². The molecule has 0 saturated carbocycles. The van der Waals surface area contributed by atoms with Gasteiger partial charge in [0.2, 0.25) is 0 Å². The zero-order valence-corrected chi connectivity index (χ0v) is 20.3. The van der Waals surface area contributed by atoms with Crippen LogP contribution >= 0.6 is 0 Å². The molecule has 4 aliphatic heterocycles. The van der Waals surface area contributed by atoms with Crippen molar-refractivity contribution in [2.75, 3.05) is 13.1 Å². The van der Waals surface area contributed by atoms with E-state index >= 15 is 0 Å². The highest BCUT2D eigenvalue weighted by Gasteiger charge is 2.26. The van der Waals surface area contributed by atoms with Gasteiger partial charge in [0, 0.05) is 17.6 Å². The molecular formula is C32H30N2O2. The number of fused-ring (bicyclic) bond motifs is 2. The third-order valence-electron chi connectivity index (χ3n) is 7.73. The van der Waals surface area contributed by atoms with E-state index in [1.165, 1.54) is 33.4 Å². The van der Waals surface area contributed by atoms with Crippen LogP contribution in [0, 0.1) is 0 Å². The fourth-order valence-corrected chi connectivity index (χ4v) is 5.98. The molecule has 4 aromatic rings. The van der Waals surface area contributed by atoms with Crippen molar-refractivity contribution in [3.05, 3.63) is 118 Å². The predicted molar refractivity (Wildman–Crippen MR) is 142 cm³/mol. The molecule has 6 bridgehead atoms. The van der Waals surface area contributed by atoms with E-state index in [1.807, 2.05) is 6.07 Å². The molecule has 4 heterocycles. The molecule has 0 aromatic heterocycles. The number of rotatable bonds is 0. The second-order valence-corrected chi connectivity index (χ2v) is 10.1. The van der Waals surface area contributed by atoms with E-state index in [0.717, 1.165) is 61.8 Å². The van der Waals surface area contributed by atoms with Gasteiger partial charge in [0.1, 0.15) is 23.0 Å². The Kier molecular flexibility index (Phi) is 5.49. The first-order valence-electron chi connectivity index (χ1n) is 13.0. The van der Waals surface area contributed by atoms with E-state index in [4.69, 9.17) is 9.47 Å². The molecule has 0 radical (unpaired) electrons. The van der Waals surface area contributed by atoms with Crippen LogP contribution in [0.25, 0.3) is 0 Å². The molecule has 8 rings (SSSR count). The average Bonchev–Trinajstić information content (AvgIpc) is 2.90. The van der Waals surface area contributed by atoms with Gasteiger partial charge in [-0.2, -0.15) is 0 Å². The Hall–Kier alpha value is -3.60. The van der Waals surface area contributed by atoms with E-state index in [0.29, 0.717) is 0 Å². The van der Waals surface area contributed by atoms with Crippen LogP contribution in [0.5, 0.6) is 23.0 Å². The van der Waals surface area contributed by atoms with Crippen LogP contribution in [0.4, 0.5) is 0 Å². The fourth-order valence-electron chi connectivity index (χ4n) is 5.98. The minimum absolute atomic E-state index is 0.208. The van der Waals surface area contributed by atoms with Crippen molar-refractivity contribution in [3.8, 4) is 23.0 Å². The molecule has 4 heteroatoms. The molecule has 2 atom stereocenters. The van der Waals surface area contributed by atoms with Crippen molar-refractivity contribution < 1.29 is 9.47 Å². The second kappa shape index (κ2) is 9.12. The minimum atomic E-state index is 0.208. The quantitative estimate of drug-likeness (QED) is 0.308. The van der Waals surface area contributed by atoms with Gasteiger partial charge in [-0.3, -0.25) is 0 Å². The lowest BCUT2D eigenvalue weighted by molar-refractivity contribution is 0.434. The summed E-state index contributed by atoms with van der Waals surface area (Å²) < 4.78 is 12.9. The summed E-state index contributed by atoms with van der Waals surface area (Å²) in [5.74, 6) is 3.60. The third-order valence-corrected chi connectivity index (χ3v) is 7.73. The molecule has 0 fully saturated rings. The third kappa shape index (κ3) is 4.17. The summed E-state index contributed by atoms with van der Waals surface area (Å²) >= 11 is 0. The first-order valence-corrected chi connectivity index (χ1v) is 13.0. The van der Waals surface area contributed by atoms with Gasteiger partial charge < -0.3 is 20.1 Å². The molecule has 0 saturated heterocycles. The summed E-state index contributed by atoms with van der Waals surface area (Å²) in [5, 5.41) is 7.49. The highest BCUT2D eigenvalue weighted by atomic mass is 16.5. The molecule has 36 heavy (non-hydrogen) atoms. The normalized spacial score (nSPS) is 20.3. The zero-order valence-electron chi connectivity index (χ0n) is 20.3. The van der Waals surface area contributed by atoms with E-state index in [1.54, 1.807) is 0 Å². The van der Waals surface area contributed by atoms with Crippen LogP contribution in [0.3, 0.4) is 0 Å². The lowest BCUT2D eigenvalue weighted by Crippen LogP contribution is -2.31. The van der Waals surface area contributed by atoms with Gasteiger partial charge in [-0.05, 0) is 109 Å². The summed E-state index contributed by atoms with van der Waals surface area (Å²) in [7, 11) is 0. The first-order chi connectivity index (χ1) is 17.8. The van der Waals surface area contributed by atoms with Gasteiger partial charge >= 0.3 is 0 Å². The Bertz CT molecular complexity index is 1410. The molecule has 0 spiro atoms. The summed E-state index contributed by atoms with van der Waals surface area (Å²) in [5.41, 5.74) is 7.93.